The van der Waals surface area contributed by atoms with E-state index in [1.807, 2.05) is 72.8 Å². The maximum Gasteiger partial charge on any atom is 0.318 e. The number of anilines is 1. The van der Waals surface area contributed by atoms with E-state index in [1.54, 1.807) is 0 Å². The summed E-state index contributed by atoms with van der Waals surface area (Å²) in [7, 11) is 0. The quantitative estimate of drug-likeness (QED) is 0.690. The normalized spacial score (nSPS) is 11.7. The molecule has 3 aromatic rings. The maximum absolute atomic E-state index is 12.3. The Hall–Kier alpha value is -3.34. The lowest BCUT2D eigenvalue weighted by Gasteiger charge is -2.19. The predicted octanol–water partition coefficient (Wildman–Crippen LogP) is 3.19. The van der Waals surface area contributed by atoms with Crippen LogP contribution in [0.25, 0.3) is 10.8 Å². The van der Waals surface area contributed by atoms with Gasteiger partial charge in [-0.2, -0.15) is 0 Å². The predicted molar refractivity (Wildman–Crippen MR) is 94.5 cm³/mol. The summed E-state index contributed by atoms with van der Waals surface area (Å²) in [4.78, 5) is 23.4. The van der Waals surface area contributed by atoms with Crippen molar-refractivity contribution in [3.63, 3.8) is 0 Å². The second-order valence-corrected chi connectivity index (χ2v) is 5.40. The van der Waals surface area contributed by atoms with Gasteiger partial charge in [0.25, 0.3) is 5.91 Å². The molecule has 3 amide bonds. The number of nitrogens with two attached hydrogens (primary N) is 1. The van der Waals surface area contributed by atoms with Gasteiger partial charge in [0.05, 0.1) is 0 Å². The summed E-state index contributed by atoms with van der Waals surface area (Å²) in [5.74, 6) is -0.498. The fourth-order valence-electron chi connectivity index (χ4n) is 2.59. The molecule has 0 saturated heterocycles. The molecule has 0 spiro atoms. The molecule has 0 saturated carbocycles. The van der Waals surface area contributed by atoms with Crippen LogP contribution in [0.2, 0.25) is 0 Å². The largest absolute Gasteiger partial charge is 0.370 e. The monoisotopic (exact) mass is 319 g/mol. The van der Waals surface area contributed by atoms with Crippen molar-refractivity contribution >= 4 is 28.4 Å². The van der Waals surface area contributed by atoms with E-state index in [2.05, 4.69) is 10.6 Å². The molecule has 3 aromatic carbocycles. The summed E-state index contributed by atoms with van der Waals surface area (Å²) in [5.41, 5.74) is 6.60. The number of hydrogen-bond donors (Lipinski definition) is 3. The number of rotatable bonds is 4. The van der Waals surface area contributed by atoms with Crippen LogP contribution in [-0.2, 0) is 4.79 Å². The second-order valence-electron chi connectivity index (χ2n) is 5.40. The van der Waals surface area contributed by atoms with Crippen LogP contribution >= 0.6 is 0 Å². The van der Waals surface area contributed by atoms with Gasteiger partial charge in [0, 0.05) is 5.69 Å². The highest BCUT2D eigenvalue weighted by molar-refractivity contribution is 5.98. The van der Waals surface area contributed by atoms with Gasteiger partial charge < -0.3 is 11.1 Å². The smallest absolute Gasteiger partial charge is 0.318 e. The summed E-state index contributed by atoms with van der Waals surface area (Å²) in [6.07, 6.45) is 0. The van der Waals surface area contributed by atoms with Crippen LogP contribution in [0.5, 0.6) is 0 Å². The van der Waals surface area contributed by atoms with Crippen LogP contribution in [0.1, 0.15) is 11.6 Å². The molecule has 0 unspecified atom stereocenters. The Balaban J connectivity index is 1.92. The Bertz CT molecular complexity index is 878. The van der Waals surface area contributed by atoms with Crippen LogP contribution in [0.4, 0.5) is 10.5 Å². The summed E-state index contributed by atoms with van der Waals surface area (Å²) >= 11 is 0. The lowest BCUT2D eigenvalue weighted by atomic mass is 10.0. The van der Waals surface area contributed by atoms with Crippen LogP contribution in [-0.4, -0.2) is 11.9 Å². The number of benzene rings is 3. The zero-order valence-corrected chi connectivity index (χ0v) is 12.9. The van der Waals surface area contributed by atoms with Crippen molar-refractivity contribution in [1.29, 1.82) is 0 Å². The Kier molecular flexibility index (Phi) is 4.43. The molecule has 0 aliphatic rings. The molecule has 0 bridgehead atoms. The fraction of sp³-hybridized carbons (Fsp3) is 0.0526. The molecule has 24 heavy (non-hydrogen) atoms. The van der Waals surface area contributed by atoms with E-state index in [9.17, 15) is 9.59 Å². The van der Waals surface area contributed by atoms with Gasteiger partial charge in [-0.3, -0.25) is 10.1 Å². The number of imide groups is 1. The minimum atomic E-state index is -0.874. The minimum absolute atomic E-state index is 0.498. The van der Waals surface area contributed by atoms with Crippen molar-refractivity contribution in [1.82, 2.24) is 5.32 Å². The van der Waals surface area contributed by atoms with Crippen molar-refractivity contribution in [2.75, 3.05) is 5.32 Å². The van der Waals surface area contributed by atoms with E-state index in [0.717, 1.165) is 22.0 Å². The third kappa shape index (κ3) is 3.52. The number of nitrogens with one attached hydrogen (secondary N) is 2. The third-order valence-corrected chi connectivity index (χ3v) is 3.70. The molecular weight excluding hydrogens is 302 g/mol. The second kappa shape index (κ2) is 6.83. The van der Waals surface area contributed by atoms with Gasteiger partial charge in [-0.25, -0.2) is 4.79 Å². The number of hydrogen-bond acceptors (Lipinski definition) is 3. The molecule has 0 aliphatic heterocycles. The van der Waals surface area contributed by atoms with Crippen LogP contribution < -0.4 is 16.4 Å². The number of primary amides is 1. The summed E-state index contributed by atoms with van der Waals surface area (Å²) in [5, 5.41) is 7.48. The average Bonchev–Trinajstić information content (AvgIpc) is 2.59. The highest BCUT2D eigenvalue weighted by Gasteiger charge is 2.21. The zero-order valence-electron chi connectivity index (χ0n) is 12.9. The van der Waals surface area contributed by atoms with Crippen molar-refractivity contribution < 1.29 is 9.59 Å². The standard InChI is InChI=1S/C19H17N3O2/c20-19(24)22-18(23)17(14-7-2-1-3-8-14)21-16-11-10-13-6-4-5-9-15(13)12-16/h1-12,17,21H,(H3,20,22,23,24)/t17-/m0/s1. The van der Waals surface area contributed by atoms with Crippen LogP contribution in [0.15, 0.2) is 72.8 Å². The molecular formula is C19H17N3O2. The summed E-state index contributed by atoms with van der Waals surface area (Å²) in [6.45, 7) is 0. The number of carbonyl (C=O) groups is 2. The van der Waals surface area contributed by atoms with E-state index in [0.29, 0.717) is 0 Å². The lowest BCUT2D eigenvalue weighted by Crippen LogP contribution is -2.40. The first-order valence-electron chi connectivity index (χ1n) is 7.54. The van der Waals surface area contributed by atoms with E-state index < -0.39 is 18.0 Å². The van der Waals surface area contributed by atoms with Crippen LogP contribution in [0.3, 0.4) is 0 Å². The molecule has 4 N–H and O–H groups in total. The number of carbonyl (C=O) groups excluding carboxylic acids is 2. The molecule has 0 heterocycles. The van der Waals surface area contributed by atoms with Crippen LogP contribution in [0, 0.1) is 0 Å². The van der Waals surface area contributed by atoms with Crippen molar-refractivity contribution in [2.24, 2.45) is 5.73 Å². The third-order valence-electron chi connectivity index (χ3n) is 3.70. The van der Waals surface area contributed by atoms with Crippen molar-refractivity contribution in [3.8, 4) is 0 Å². The molecule has 1 atom stereocenters. The first-order valence-corrected chi connectivity index (χ1v) is 7.54. The molecule has 0 radical (unpaired) electrons. The Morgan fingerprint density at radius 2 is 1.50 bits per heavy atom. The lowest BCUT2D eigenvalue weighted by molar-refractivity contribution is -0.120. The van der Waals surface area contributed by atoms with E-state index in [-0.39, 0.29) is 0 Å². The number of urea groups is 1. The highest BCUT2D eigenvalue weighted by atomic mass is 16.2. The fourth-order valence-corrected chi connectivity index (χ4v) is 2.59. The van der Waals surface area contributed by atoms with Gasteiger partial charge in [-0.1, -0.05) is 60.7 Å². The van der Waals surface area contributed by atoms with Crippen molar-refractivity contribution in [2.45, 2.75) is 6.04 Å². The highest BCUT2D eigenvalue weighted by Crippen LogP contribution is 2.24. The van der Waals surface area contributed by atoms with Crippen molar-refractivity contribution in [3.05, 3.63) is 78.4 Å². The van der Waals surface area contributed by atoms with Gasteiger partial charge >= 0.3 is 6.03 Å². The Morgan fingerprint density at radius 3 is 2.21 bits per heavy atom. The van der Waals surface area contributed by atoms with Gasteiger partial charge in [0.1, 0.15) is 6.04 Å². The van der Waals surface area contributed by atoms with E-state index in [1.165, 1.54) is 0 Å². The maximum atomic E-state index is 12.3. The SMILES string of the molecule is NC(=O)NC(=O)[C@@H](Nc1ccc2ccccc2c1)c1ccccc1. The molecule has 5 heteroatoms. The van der Waals surface area contributed by atoms with Gasteiger partial charge in [-0.15, -0.1) is 0 Å². The number of amides is 3. The molecule has 0 aliphatic carbocycles. The minimum Gasteiger partial charge on any atom is -0.370 e. The molecule has 0 aromatic heterocycles. The zero-order chi connectivity index (χ0) is 16.9. The van der Waals surface area contributed by atoms with E-state index >= 15 is 0 Å². The van der Waals surface area contributed by atoms with Gasteiger partial charge in [0.15, 0.2) is 0 Å². The summed E-state index contributed by atoms with van der Waals surface area (Å²) < 4.78 is 0. The first kappa shape index (κ1) is 15.6. The van der Waals surface area contributed by atoms with Gasteiger partial charge in [-0.05, 0) is 28.5 Å². The molecule has 3 rings (SSSR count). The topological polar surface area (TPSA) is 84.2 Å². The van der Waals surface area contributed by atoms with E-state index in [4.69, 9.17) is 5.73 Å². The molecule has 120 valence electrons. The number of fused-ring (bicyclic) bond motifs is 1. The first-order chi connectivity index (χ1) is 11.6. The Morgan fingerprint density at radius 1 is 0.833 bits per heavy atom. The molecule has 0 fully saturated rings. The molecule has 5 nitrogen and oxygen atoms in total. The van der Waals surface area contributed by atoms with Gasteiger partial charge in [0.2, 0.25) is 0 Å². The Labute approximate surface area is 139 Å². The average molecular weight is 319 g/mol. The summed E-state index contributed by atoms with van der Waals surface area (Å²) in [6, 6.07) is 21.4.